The third kappa shape index (κ3) is 2.26. The van der Waals surface area contributed by atoms with E-state index in [0.29, 0.717) is 29.1 Å². The van der Waals surface area contributed by atoms with Gasteiger partial charge in [0.2, 0.25) is 5.89 Å². The number of H-pyrrole nitrogens is 1. The fourth-order valence-electron chi connectivity index (χ4n) is 1.89. The molecule has 0 aliphatic carbocycles. The van der Waals surface area contributed by atoms with E-state index in [1.807, 2.05) is 4.57 Å². The maximum atomic E-state index is 13.4. The Morgan fingerprint density at radius 2 is 2.32 bits per heavy atom. The lowest BCUT2D eigenvalue weighted by atomic mass is 10.3. The molecular weight excluding hydrogens is 291 g/mol. The van der Waals surface area contributed by atoms with Gasteiger partial charge in [0.1, 0.15) is 5.82 Å². The number of benzene rings is 1. The molecule has 0 spiro atoms. The molecule has 0 aliphatic rings. The highest BCUT2D eigenvalue weighted by Crippen LogP contribution is 2.23. The average Bonchev–Trinajstić information content (AvgIpc) is 2.96. The maximum Gasteiger partial charge on any atom is 0.228 e. The first-order valence-corrected chi connectivity index (χ1v) is 6.27. The van der Waals surface area contributed by atoms with Gasteiger partial charge in [0, 0.05) is 19.0 Å². The zero-order chi connectivity index (χ0) is 13.4. The largest absolute Gasteiger partial charge is 0.340 e. The molecule has 0 amide bonds. The molecule has 0 saturated heterocycles. The summed E-state index contributed by atoms with van der Waals surface area (Å²) in [5.41, 5.74) is 1.35. The van der Waals surface area contributed by atoms with Crippen LogP contribution in [0.1, 0.15) is 5.89 Å². The Morgan fingerprint density at radius 1 is 1.47 bits per heavy atom. The van der Waals surface area contributed by atoms with Crippen LogP contribution in [0.2, 0.25) is 5.02 Å². The Labute approximate surface area is 117 Å². The van der Waals surface area contributed by atoms with Crippen molar-refractivity contribution in [1.29, 1.82) is 0 Å². The van der Waals surface area contributed by atoms with Crippen LogP contribution in [0, 0.1) is 10.6 Å². The Bertz CT molecular complexity index is 780. The summed E-state index contributed by atoms with van der Waals surface area (Å²) in [5.74, 6) is 0.0407. The zero-order valence-corrected chi connectivity index (χ0v) is 11.1. The van der Waals surface area contributed by atoms with Gasteiger partial charge in [0.05, 0.1) is 16.1 Å². The number of hydrogen-bond donors (Lipinski definition) is 1. The second-order valence-corrected chi connectivity index (χ2v) is 4.74. The molecule has 8 heteroatoms. The van der Waals surface area contributed by atoms with Crippen LogP contribution in [0.4, 0.5) is 4.39 Å². The minimum absolute atomic E-state index is 0.0630. The summed E-state index contributed by atoms with van der Waals surface area (Å²) < 4.78 is 20.6. The van der Waals surface area contributed by atoms with Crippen LogP contribution in [0.25, 0.3) is 11.0 Å². The quantitative estimate of drug-likeness (QED) is 0.755. The summed E-state index contributed by atoms with van der Waals surface area (Å²) in [7, 11) is 0. The van der Waals surface area contributed by atoms with Gasteiger partial charge in [0.25, 0.3) is 0 Å². The minimum atomic E-state index is -0.477. The van der Waals surface area contributed by atoms with E-state index in [2.05, 4.69) is 15.1 Å². The van der Waals surface area contributed by atoms with E-state index in [1.165, 1.54) is 12.4 Å². The molecule has 0 unspecified atom stereocenters. The molecule has 19 heavy (non-hydrogen) atoms. The summed E-state index contributed by atoms with van der Waals surface area (Å²) >= 11 is 11.0. The van der Waals surface area contributed by atoms with Gasteiger partial charge in [-0.05, 0) is 18.3 Å². The molecule has 1 aromatic carbocycles. The number of halogens is 2. The molecule has 0 bridgehead atoms. The number of aryl methyl sites for hydroxylation is 2. The highest BCUT2D eigenvalue weighted by atomic mass is 35.5. The highest BCUT2D eigenvalue weighted by molar-refractivity contribution is 7.71. The van der Waals surface area contributed by atoms with Gasteiger partial charge in [-0.2, -0.15) is 4.98 Å². The maximum absolute atomic E-state index is 13.4. The number of nitrogens with one attached hydrogen (secondary N) is 1. The first-order chi connectivity index (χ1) is 9.15. The normalized spacial score (nSPS) is 11.3. The standard InChI is InChI=1S/C11H8ClFN4OS/c12-6-3-9-8(4-7(6)13)16-11(19)17(9)2-1-10-14-5-15-18-10/h3-5H,1-2H2,(H,16,19). The third-order valence-corrected chi connectivity index (χ3v) is 3.38. The van der Waals surface area contributed by atoms with Gasteiger partial charge in [0.15, 0.2) is 11.1 Å². The second kappa shape index (κ2) is 4.75. The van der Waals surface area contributed by atoms with Crippen molar-refractivity contribution in [2.45, 2.75) is 13.0 Å². The third-order valence-electron chi connectivity index (χ3n) is 2.77. The first kappa shape index (κ1) is 12.3. The number of fused-ring (bicyclic) bond motifs is 1. The molecule has 2 heterocycles. The summed E-state index contributed by atoms with van der Waals surface area (Å²) in [6.07, 6.45) is 1.88. The van der Waals surface area contributed by atoms with Gasteiger partial charge >= 0.3 is 0 Å². The van der Waals surface area contributed by atoms with E-state index in [1.54, 1.807) is 6.07 Å². The molecule has 0 fully saturated rings. The molecule has 2 aromatic heterocycles. The van der Waals surface area contributed by atoms with Gasteiger partial charge in [-0.3, -0.25) is 0 Å². The fraction of sp³-hybridized carbons (Fsp3) is 0.182. The van der Waals surface area contributed by atoms with Crippen LogP contribution in [-0.4, -0.2) is 19.7 Å². The van der Waals surface area contributed by atoms with Crippen molar-refractivity contribution < 1.29 is 8.91 Å². The van der Waals surface area contributed by atoms with E-state index in [-0.39, 0.29) is 5.02 Å². The summed E-state index contributed by atoms with van der Waals surface area (Å²) in [4.78, 5) is 6.87. The predicted octanol–water partition coefficient (Wildman–Crippen LogP) is 3.12. The topological polar surface area (TPSA) is 59.6 Å². The van der Waals surface area contributed by atoms with E-state index < -0.39 is 5.82 Å². The Hall–Kier alpha value is -1.73. The van der Waals surface area contributed by atoms with E-state index >= 15 is 0 Å². The number of aromatic nitrogens is 4. The number of nitrogens with zero attached hydrogens (tertiary/aromatic N) is 3. The highest BCUT2D eigenvalue weighted by Gasteiger charge is 2.10. The van der Waals surface area contributed by atoms with Crippen molar-refractivity contribution in [3.8, 4) is 0 Å². The molecule has 1 N–H and O–H groups in total. The van der Waals surface area contributed by atoms with Crippen molar-refractivity contribution in [2.75, 3.05) is 0 Å². The molecule has 0 saturated carbocycles. The van der Waals surface area contributed by atoms with Crippen LogP contribution in [0.5, 0.6) is 0 Å². The minimum Gasteiger partial charge on any atom is -0.340 e. The van der Waals surface area contributed by atoms with Crippen molar-refractivity contribution in [1.82, 2.24) is 19.7 Å². The van der Waals surface area contributed by atoms with Gasteiger partial charge in [-0.25, -0.2) is 4.39 Å². The van der Waals surface area contributed by atoms with Crippen LogP contribution in [-0.2, 0) is 13.0 Å². The SMILES string of the molecule is Fc1cc2[nH]c(=S)n(CCc3ncno3)c2cc1Cl. The molecule has 3 aromatic rings. The summed E-state index contributed by atoms with van der Waals surface area (Å²) in [6.45, 7) is 0.545. The fourth-order valence-corrected chi connectivity index (χ4v) is 2.34. The Morgan fingerprint density at radius 3 is 3.05 bits per heavy atom. The molecule has 5 nitrogen and oxygen atoms in total. The first-order valence-electron chi connectivity index (χ1n) is 5.48. The van der Waals surface area contributed by atoms with Crippen molar-refractivity contribution in [2.24, 2.45) is 0 Å². The number of imidazole rings is 1. The number of hydrogen-bond acceptors (Lipinski definition) is 4. The lowest BCUT2D eigenvalue weighted by molar-refractivity contribution is 0.371. The molecule has 98 valence electrons. The molecule has 0 aliphatic heterocycles. The van der Waals surface area contributed by atoms with Crippen molar-refractivity contribution in [3.63, 3.8) is 0 Å². The predicted molar refractivity (Wildman–Crippen MR) is 70.1 cm³/mol. The lowest BCUT2D eigenvalue weighted by Gasteiger charge is -2.02. The smallest absolute Gasteiger partial charge is 0.228 e. The molecule has 0 atom stereocenters. The zero-order valence-electron chi connectivity index (χ0n) is 9.56. The van der Waals surface area contributed by atoms with Crippen LogP contribution in [0.3, 0.4) is 0 Å². The van der Waals surface area contributed by atoms with E-state index in [0.717, 1.165) is 5.52 Å². The lowest BCUT2D eigenvalue weighted by Crippen LogP contribution is -2.01. The van der Waals surface area contributed by atoms with Gasteiger partial charge < -0.3 is 14.1 Å². The van der Waals surface area contributed by atoms with Crippen molar-refractivity contribution in [3.05, 3.63) is 40.0 Å². The second-order valence-electron chi connectivity index (χ2n) is 3.95. The molecule has 0 radical (unpaired) electrons. The summed E-state index contributed by atoms with van der Waals surface area (Å²) in [5, 5.41) is 3.60. The average molecular weight is 299 g/mol. The van der Waals surface area contributed by atoms with Gasteiger partial charge in [-0.1, -0.05) is 16.8 Å². The van der Waals surface area contributed by atoms with Gasteiger partial charge in [-0.15, -0.1) is 0 Å². The van der Waals surface area contributed by atoms with Crippen LogP contribution in [0.15, 0.2) is 23.0 Å². The monoisotopic (exact) mass is 298 g/mol. The van der Waals surface area contributed by atoms with E-state index in [9.17, 15) is 4.39 Å². The summed E-state index contributed by atoms with van der Waals surface area (Å²) in [6, 6.07) is 2.88. The van der Waals surface area contributed by atoms with E-state index in [4.69, 9.17) is 28.3 Å². The van der Waals surface area contributed by atoms with Crippen molar-refractivity contribution >= 4 is 34.9 Å². The number of rotatable bonds is 3. The van der Waals surface area contributed by atoms with Crippen LogP contribution >= 0.6 is 23.8 Å². The molecular formula is C11H8ClFN4OS. The van der Waals surface area contributed by atoms with Crippen LogP contribution < -0.4 is 0 Å². The molecule has 3 rings (SSSR count). The Kier molecular flexibility index (Phi) is 3.08. The Balaban J connectivity index is 2.00. The number of aromatic amines is 1.